The number of aromatic nitrogens is 2. The van der Waals surface area contributed by atoms with Crippen LogP contribution in [-0.4, -0.2) is 15.8 Å². The van der Waals surface area contributed by atoms with Gasteiger partial charge in [0.15, 0.2) is 0 Å². The zero-order valence-corrected chi connectivity index (χ0v) is 11.7. The number of rotatable bonds is 2. The maximum Gasteiger partial charge on any atom is 0.324 e. The van der Waals surface area contributed by atoms with E-state index in [1.54, 1.807) is 29.9 Å². The fourth-order valence-electron chi connectivity index (χ4n) is 1.72. The van der Waals surface area contributed by atoms with Gasteiger partial charge in [0, 0.05) is 13.1 Å². The number of hydrogen-bond donors (Lipinski definition) is 2. The van der Waals surface area contributed by atoms with E-state index in [0.717, 1.165) is 11.3 Å². The molecule has 1 aromatic carbocycles. The van der Waals surface area contributed by atoms with Crippen molar-refractivity contribution in [2.75, 3.05) is 10.6 Å². The summed E-state index contributed by atoms with van der Waals surface area (Å²) in [5.41, 5.74) is 2.45. The van der Waals surface area contributed by atoms with Crippen LogP contribution in [0.5, 0.6) is 0 Å². The highest BCUT2D eigenvalue weighted by Crippen LogP contribution is 2.22. The van der Waals surface area contributed by atoms with Crippen LogP contribution in [-0.2, 0) is 7.05 Å². The smallest absolute Gasteiger partial charge is 0.306 e. The van der Waals surface area contributed by atoms with Crippen LogP contribution in [0.15, 0.2) is 24.3 Å². The molecule has 100 valence electrons. The van der Waals surface area contributed by atoms with E-state index in [9.17, 15) is 4.79 Å². The summed E-state index contributed by atoms with van der Waals surface area (Å²) in [6.45, 7) is 3.80. The lowest BCUT2D eigenvalue weighted by molar-refractivity contribution is 0.262. The number of urea groups is 1. The van der Waals surface area contributed by atoms with Gasteiger partial charge < -0.3 is 5.32 Å². The van der Waals surface area contributed by atoms with Crippen molar-refractivity contribution < 1.29 is 4.79 Å². The first-order chi connectivity index (χ1) is 8.95. The first kappa shape index (κ1) is 13.4. The summed E-state index contributed by atoms with van der Waals surface area (Å²) in [5, 5.41) is 10.1. The number of amides is 2. The number of halogens is 1. The van der Waals surface area contributed by atoms with E-state index >= 15 is 0 Å². The van der Waals surface area contributed by atoms with Crippen molar-refractivity contribution in [3.05, 3.63) is 40.5 Å². The summed E-state index contributed by atoms with van der Waals surface area (Å²) in [6, 6.07) is 6.89. The zero-order valence-electron chi connectivity index (χ0n) is 11.0. The average molecular weight is 279 g/mol. The van der Waals surface area contributed by atoms with Gasteiger partial charge in [-0.25, -0.2) is 4.79 Å². The van der Waals surface area contributed by atoms with E-state index in [1.807, 2.05) is 19.9 Å². The molecule has 0 spiro atoms. The van der Waals surface area contributed by atoms with Gasteiger partial charge in [-0.3, -0.25) is 10.00 Å². The van der Waals surface area contributed by atoms with Crippen LogP contribution in [0.25, 0.3) is 0 Å². The van der Waals surface area contributed by atoms with Crippen LogP contribution in [0.2, 0.25) is 5.02 Å². The van der Waals surface area contributed by atoms with Crippen LogP contribution in [0, 0.1) is 13.8 Å². The monoisotopic (exact) mass is 278 g/mol. The zero-order chi connectivity index (χ0) is 14.0. The quantitative estimate of drug-likeness (QED) is 0.885. The Morgan fingerprint density at radius 2 is 2.00 bits per heavy atom. The fraction of sp³-hybridized carbons (Fsp3) is 0.231. The van der Waals surface area contributed by atoms with Crippen molar-refractivity contribution in [2.45, 2.75) is 13.8 Å². The number of benzene rings is 1. The van der Waals surface area contributed by atoms with E-state index in [0.29, 0.717) is 16.5 Å². The van der Waals surface area contributed by atoms with Gasteiger partial charge in [0.1, 0.15) is 5.82 Å². The topological polar surface area (TPSA) is 59.0 Å². The van der Waals surface area contributed by atoms with E-state index in [-0.39, 0.29) is 6.03 Å². The summed E-state index contributed by atoms with van der Waals surface area (Å²) >= 11 is 6.05. The molecule has 0 aliphatic rings. The standard InChI is InChI=1S/C13H15ClN4O/c1-8-4-5-11(10(14)6-8)15-13(19)16-12-7-9(2)17-18(12)3/h4-7H,1-3H3,(H2,15,16,19). The highest BCUT2D eigenvalue weighted by atomic mass is 35.5. The van der Waals surface area contributed by atoms with Gasteiger partial charge in [-0.2, -0.15) is 5.10 Å². The second-order valence-corrected chi connectivity index (χ2v) is 4.76. The van der Waals surface area contributed by atoms with E-state index in [4.69, 9.17) is 11.6 Å². The van der Waals surface area contributed by atoms with Crippen LogP contribution >= 0.6 is 11.6 Å². The van der Waals surface area contributed by atoms with Crippen LogP contribution in [0.1, 0.15) is 11.3 Å². The third-order valence-electron chi connectivity index (χ3n) is 2.62. The van der Waals surface area contributed by atoms with Crippen LogP contribution in [0.3, 0.4) is 0 Å². The highest BCUT2D eigenvalue weighted by molar-refractivity contribution is 6.33. The number of carbonyl (C=O) groups is 1. The second-order valence-electron chi connectivity index (χ2n) is 4.36. The van der Waals surface area contributed by atoms with Gasteiger partial charge in [0.2, 0.25) is 0 Å². The Morgan fingerprint density at radius 3 is 2.58 bits per heavy atom. The second kappa shape index (κ2) is 5.32. The fourth-order valence-corrected chi connectivity index (χ4v) is 2.00. The molecule has 0 saturated carbocycles. The molecule has 5 nitrogen and oxygen atoms in total. The maximum atomic E-state index is 11.9. The summed E-state index contributed by atoms with van der Waals surface area (Å²) in [7, 11) is 1.77. The van der Waals surface area contributed by atoms with Crippen molar-refractivity contribution in [1.82, 2.24) is 9.78 Å². The van der Waals surface area contributed by atoms with Crippen LogP contribution < -0.4 is 10.6 Å². The number of nitrogens with one attached hydrogen (secondary N) is 2. The van der Waals surface area contributed by atoms with Gasteiger partial charge in [-0.05, 0) is 31.5 Å². The minimum Gasteiger partial charge on any atom is -0.306 e. The molecule has 2 rings (SSSR count). The lowest BCUT2D eigenvalue weighted by Crippen LogP contribution is -2.21. The molecule has 0 unspecified atom stereocenters. The first-order valence-corrected chi connectivity index (χ1v) is 6.18. The number of nitrogens with zero attached hydrogens (tertiary/aromatic N) is 2. The molecule has 19 heavy (non-hydrogen) atoms. The normalized spacial score (nSPS) is 10.3. The molecule has 6 heteroatoms. The Morgan fingerprint density at radius 1 is 1.26 bits per heavy atom. The van der Waals surface area contributed by atoms with Crippen molar-refractivity contribution in [3.8, 4) is 0 Å². The minimum absolute atomic E-state index is 0.353. The third-order valence-corrected chi connectivity index (χ3v) is 2.93. The molecule has 2 amide bonds. The Bertz CT molecular complexity index is 621. The maximum absolute atomic E-state index is 11.9. The van der Waals surface area contributed by atoms with E-state index < -0.39 is 0 Å². The largest absolute Gasteiger partial charge is 0.324 e. The lowest BCUT2D eigenvalue weighted by Gasteiger charge is -2.09. The molecule has 0 aliphatic carbocycles. The average Bonchev–Trinajstić information content (AvgIpc) is 2.61. The highest BCUT2D eigenvalue weighted by Gasteiger charge is 2.08. The molecular formula is C13H15ClN4O. The van der Waals surface area contributed by atoms with Crippen molar-refractivity contribution in [2.24, 2.45) is 7.05 Å². The SMILES string of the molecule is Cc1ccc(NC(=O)Nc2cc(C)nn2C)c(Cl)c1. The van der Waals surface area contributed by atoms with E-state index in [2.05, 4.69) is 15.7 Å². The number of anilines is 2. The molecule has 0 saturated heterocycles. The number of hydrogen-bond acceptors (Lipinski definition) is 2. The molecule has 0 fully saturated rings. The number of aryl methyl sites for hydroxylation is 3. The molecule has 2 N–H and O–H groups in total. The van der Waals surface area contributed by atoms with E-state index in [1.165, 1.54) is 0 Å². The molecule has 0 aliphatic heterocycles. The minimum atomic E-state index is -0.353. The molecule has 1 aromatic heterocycles. The molecule has 1 heterocycles. The Hall–Kier alpha value is -2.01. The Labute approximate surface area is 116 Å². The van der Waals surface area contributed by atoms with Gasteiger partial charge in [-0.1, -0.05) is 17.7 Å². The lowest BCUT2D eigenvalue weighted by atomic mass is 10.2. The van der Waals surface area contributed by atoms with Crippen molar-refractivity contribution >= 4 is 29.1 Å². The van der Waals surface area contributed by atoms with Gasteiger partial charge in [0.25, 0.3) is 0 Å². The molecular weight excluding hydrogens is 264 g/mol. The third kappa shape index (κ3) is 3.26. The Kier molecular flexibility index (Phi) is 3.76. The number of carbonyl (C=O) groups excluding carboxylic acids is 1. The summed E-state index contributed by atoms with van der Waals surface area (Å²) in [4.78, 5) is 11.9. The summed E-state index contributed by atoms with van der Waals surface area (Å²) in [5.74, 6) is 0.623. The molecule has 0 radical (unpaired) electrons. The van der Waals surface area contributed by atoms with Crippen LogP contribution in [0.4, 0.5) is 16.3 Å². The van der Waals surface area contributed by atoms with Gasteiger partial charge in [0.05, 0.1) is 16.4 Å². The molecule has 2 aromatic rings. The predicted molar refractivity (Wildman–Crippen MR) is 76.8 cm³/mol. The molecule has 0 atom stereocenters. The summed E-state index contributed by atoms with van der Waals surface area (Å²) in [6.07, 6.45) is 0. The Balaban J connectivity index is 2.07. The van der Waals surface area contributed by atoms with Gasteiger partial charge in [-0.15, -0.1) is 0 Å². The summed E-state index contributed by atoms with van der Waals surface area (Å²) < 4.78 is 1.60. The van der Waals surface area contributed by atoms with Gasteiger partial charge >= 0.3 is 6.03 Å². The van der Waals surface area contributed by atoms with Crippen molar-refractivity contribution in [3.63, 3.8) is 0 Å². The molecule has 0 bridgehead atoms. The van der Waals surface area contributed by atoms with Crippen molar-refractivity contribution in [1.29, 1.82) is 0 Å². The predicted octanol–water partition coefficient (Wildman–Crippen LogP) is 3.33. The first-order valence-electron chi connectivity index (χ1n) is 5.80.